The second-order valence-corrected chi connectivity index (χ2v) is 20.0. The minimum atomic E-state index is -2.14. The average Bonchev–Trinajstić information content (AvgIpc) is 3.61. The number of aromatic nitrogens is 1. The van der Waals surface area contributed by atoms with E-state index >= 15 is 4.39 Å². The molecule has 2 aromatic rings. The van der Waals surface area contributed by atoms with Crippen LogP contribution in [0.4, 0.5) is 9.18 Å². The molecule has 6 rings (SSSR count). The van der Waals surface area contributed by atoms with Gasteiger partial charge in [-0.1, -0.05) is 45.9 Å². The number of aliphatic hydroxyl groups excluding tert-OH is 1. The van der Waals surface area contributed by atoms with E-state index in [1.54, 1.807) is 65.0 Å². The van der Waals surface area contributed by atoms with Gasteiger partial charge in [0.25, 0.3) is 0 Å². The Bertz CT molecular complexity index is 2110. The molecule has 0 unspecified atom stereocenters. The Morgan fingerprint density at radius 3 is 2.31 bits per heavy atom. The maximum Gasteiger partial charge on any atom is 0.408 e. The van der Waals surface area contributed by atoms with E-state index in [1.165, 1.54) is 26.1 Å². The monoisotopic (exact) mass is 895 g/mol. The van der Waals surface area contributed by atoms with Crippen LogP contribution in [0, 0.1) is 28.5 Å². The average molecular weight is 896 g/mol. The van der Waals surface area contributed by atoms with Crippen molar-refractivity contribution in [3.8, 4) is 0 Å². The van der Waals surface area contributed by atoms with Crippen LogP contribution >= 0.6 is 0 Å². The summed E-state index contributed by atoms with van der Waals surface area (Å²) in [6.07, 6.45) is -5.89. The van der Waals surface area contributed by atoms with Crippen molar-refractivity contribution in [3.05, 3.63) is 76.9 Å². The van der Waals surface area contributed by atoms with Crippen molar-refractivity contribution < 1.29 is 62.2 Å². The first-order chi connectivity index (χ1) is 29.8. The van der Waals surface area contributed by atoms with Crippen LogP contribution in [-0.2, 0) is 38.0 Å². The summed E-state index contributed by atoms with van der Waals surface area (Å²) in [5.41, 5.74) is -6.16. The third-order valence-corrected chi connectivity index (χ3v) is 14.0. The Morgan fingerprint density at radius 1 is 1.05 bits per heavy atom. The summed E-state index contributed by atoms with van der Waals surface area (Å²) in [5.74, 6) is -5.52. The Hall–Kier alpha value is -4.48. The first-order valence-corrected chi connectivity index (χ1v) is 22.1. The molecule has 12 atom stereocenters. The topological polar surface area (TPSA) is 192 Å². The number of rotatable bonds is 11. The first-order valence-electron chi connectivity index (χ1n) is 22.1. The van der Waals surface area contributed by atoms with Crippen LogP contribution in [0.3, 0.4) is 0 Å². The summed E-state index contributed by atoms with van der Waals surface area (Å²) in [5, 5.41) is 28.7. The molecular formula is C48H66FN3O12. The van der Waals surface area contributed by atoms with E-state index in [9.17, 15) is 29.4 Å². The van der Waals surface area contributed by atoms with E-state index in [1.807, 2.05) is 39.8 Å². The van der Waals surface area contributed by atoms with E-state index in [0.717, 1.165) is 6.07 Å². The molecule has 4 aliphatic rings. The van der Waals surface area contributed by atoms with Gasteiger partial charge >= 0.3 is 24.0 Å². The fraction of sp³-hybridized carbons (Fsp3) is 0.646. The lowest BCUT2D eigenvalue weighted by Gasteiger charge is -2.65. The van der Waals surface area contributed by atoms with Crippen molar-refractivity contribution in [2.75, 3.05) is 20.6 Å². The van der Waals surface area contributed by atoms with Gasteiger partial charge in [-0.25, -0.2) is 14.0 Å². The normalized spacial score (nSPS) is 33.1. The molecule has 1 aliphatic heterocycles. The number of halogens is 1. The fourth-order valence-corrected chi connectivity index (χ4v) is 10.9. The first kappa shape index (κ1) is 49.0. The number of likely N-dealkylation sites (N-methyl/N-ethyl adjacent to an activating group) is 1. The fourth-order valence-electron chi connectivity index (χ4n) is 10.9. The van der Waals surface area contributed by atoms with Crippen molar-refractivity contribution in [2.45, 2.75) is 155 Å². The van der Waals surface area contributed by atoms with E-state index in [-0.39, 0.29) is 30.5 Å². The van der Waals surface area contributed by atoms with Crippen molar-refractivity contribution in [1.29, 1.82) is 0 Å². The minimum Gasteiger partial charge on any atom is -0.457 e. The highest BCUT2D eigenvalue weighted by atomic mass is 19.1. The van der Waals surface area contributed by atoms with E-state index in [0.29, 0.717) is 24.1 Å². The SMILES string of the molecule is CC[C@]1(OC(C)=O)[C@H](O)CC[C@@]2(C)[C@@H]3O[C@H](CN(C)C)O[C@@H]3C3=C(C)[C@@H](OC(=O)[C@H](C)[C@@H](NC(=O)OC(C)(C)C)c4ncccc4F)C[C@@](O)([C@@H](OC(=O)c4ccccc4)[C@@H]21)C3(C)C. The Balaban J connectivity index is 1.55. The Labute approximate surface area is 375 Å². The van der Waals surface area contributed by atoms with Gasteiger partial charge in [-0.15, -0.1) is 0 Å². The van der Waals surface area contributed by atoms with Crippen LogP contribution < -0.4 is 5.32 Å². The van der Waals surface area contributed by atoms with Gasteiger partial charge in [0, 0.05) is 42.8 Å². The number of nitrogens with zero attached hydrogens (tertiary/aromatic N) is 2. The van der Waals surface area contributed by atoms with Crippen LogP contribution in [0.15, 0.2) is 59.8 Å². The Morgan fingerprint density at radius 2 is 1.72 bits per heavy atom. The molecule has 3 aliphatic carbocycles. The number of carbonyl (C=O) groups excluding carboxylic acids is 4. The number of pyridine rings is 1. The van der Waals surface area contributed by atoms with E-state index < -0.39 is 112 Å². The van der Waals surface area contributed by atoms with Crippen LogP contribution in [0.1, 0.15) is 117 Å². The largest absolute Gasteiger partial charge is 0.457 e. The number of hydrogen-bond acceptors (Lipinski definition) is 14. The van der Waals surface area contributed by atoms with Crippen molar-refractivity contribution in [1.82, 2.24) is 15.2 Å². The van der Waals surface area contributed by atoms with E-state index in [4.69, 9.17) is 28.4 Å². The second-order valence-electron chi connectivity index (χ2n) is 20.0. The molecule has 64 heavy (non-hydrogen) atoms. The number of carbonyl (C=O) groups is 4. The molecule has 352 valence electrons. The van der Waals surface area contributed by atoms with Gasteiger partial charge < -0.3 is 48.9 Å². The molecule has 1 aromatic heterocycles. The van der Waals surface area contributed by atoms with Gasteiger partial charge in [0.2, 0.25) is 0 Å². The van der Waals surface area contributed by atoms with Gasteiger partial charge in [-0.05, 0) is 103 Å². The number of nitrogens with one attached hydrogen (secondary N) is 1. The number of esters is 3. The number of hydrogen-bond donors (Lipinski definition) is 3. The summed E-state index contributed by atoms with van der Waals surface area (Å²) in [6, 6.07) is 9.46. The van der Waals surface area contributed by atoms with Gasteiger partial charge in [0.15, 0.2) is 6.29 Å². The summed E-state index contributed by atoms with van der Waals surface area (Å²) in [6.45, 7) is 17.2. The molecule has 2 bridgehead atoms. The summed E-state index contributed by atoms with van der Waals surface area (Å²) in [7, 11) is 3.76. The smallest absolute Gasteiger partial charge is 0.408 e. The predicted molar refractivity (Wildman–Crippen MR) is 231 cm³/mol. The van der Waals surface area contributed by atoms with Crippen LogP contribution in [0.25, 0.3) is 0 Å². The molecule has 2 saturated carbocycles. The van der Waals surface area contributed by atoms with Crippen molar-refractivity contribution in [2.24, 2.45) is 22.7 Å². The number of benzene rings is 1. The standard InChI is InChI=1S/C48H66FN3O12/c1-13-47(63-28(4)53)32(54)21-22-46(10)38(47)40(62-42(56)29-18-15-14-16-19-29)48(58)24-31(26(2)34(45(48,8)9)37-39(46)61-33(60-37)25-52(11)12)59-41(55)27(3)35(36-30(49)20-17-23-50-36)51-43(57)64-44(5,6)7/h14-20,23,27,31-33,35,37-40,54,58H,13,21-22,24-25H2,1-12H3,(H,51,57)/t27-,31+,32-,33-,35-,37-,38+,39-,40+,46-,47+,48-/m1/s1. The van der Waals surface area contributed by atoms with Gasteiger partial charge in [-0.3, -0.25) is 14.6 Å². The molecule has 1 aromatic carbocycles. The summed E-state index contributed by atoms with van der Waals surface area (Å²) >= 11 is 0. The molecule has 16 heteroatoms. The number of aliphatic hydroxyl groups is 2. The Kier molecular flexibility index (Phi) is 13.8. The maximum absolute atomic E-state index is 15.5. The lowest BCUT2D eigenvalue weighted by Crippen LogP contribution is -2.75. The molecule has 3 N–H and O–H groups in total. The van der Waals surface area contributed by atoms with E-state index in [2.05, 4.69) is 10.3 Å². The molecule has 2 heterocycles. The van der Waals surface area contributed by atoms with Crippen molar-refractivity contribution in [3.63, 3.8) is 0 Å². The van der Waals surface area contributed by atoms with Crippen LogP contribution in [0.5, 0.6) is 0 Å². The third-order valence-electron chi connectivity index (χ3n) is 14.0. The highest BCUT2D eigenvalue weighted by Gasteiger charge is 2.74. The quantitative estimate of drug-likeness (QED) is 0.131. The number of ether oxygens (including phenoxy) is 6. The molecule has 0 radical (unpaired) electrons. The highest BCUT2D eigenvalue weighted by Crippen LogP contribution is 2.65. The molecule has 3 fully saturated rings. The molecule has 15 nitrogen and oxygen atoms in total. The van der Waals surface area contributed by atoms with Gasteiger partial charge in [0.05, 0.1) is 35.4 Å². The lowest BCUT2D eigenvalue weighted by atomic mass is 9.45. The number of alkyl carbamates (subject to hydrolysis) is 1. The number of amides is 1. The minimum absolute atomic E-state index is 0.0665. The van der Waals surface area contributed by atoms with Crippen molar-refractivity contribution >= 4 is 24.0 Å². The second kappa shape index (κ2) is 18.1. The molecule has 0 spiro atoms. The van der Waals surface area contributed by atoms with Gasteiger partial charge in [0.1, 0.15) is 40.9 Å². The molecular weight excluding hydrogens is 830 g/mol. The maximum atomic E-state index is 15.5. The van der Waals surface area contributed by atoms with Gasteiger partial charge in [-0.2, -0.15) is 0 Å². The summed E-state index contributed by atoms with van der Waals surface area (Å²) in [4.78, 5) is 61.6. The third kappa shape index (κ3) is 8.92. The van der Waals surface area contributed by atoms with Crippen LogP contribution in [0.2, 0.25) is 0 Å². The zero-order valence-corrected chi connectivity index (χ0v) is 39.1. The molecule has 1 amide bonds. The zero-order valence-electron chi connectivity index (χ0n) is 39.1. The lowest BCUT2D eigenvalue weighted by molar-refractivity contribution is -0.286. The van der Waals surface area contributed by atoms with Crippen LogP contribution in [-0.4, -0.2) is 118 Å². The number of fused-ring (bicyclic) bond motifs is 6. The predicted octanol–water partition coefficient (Wildman–Crippen LogP) is 6.21. The molecule has 1 saturated heterocycles. The highest BCUT2D eigenvalue weighted by molar-refractivity contribution is 5.89. The zero-order chi connectivity index (χ0) is 47.3. The summed E-state index contributed by atoms with van der Waals surface area (Å²) < 4.78 is 54.1.